The number of rotatable bonds is 7. The third-order valence-electron chi connectivity index (χ3n) is 3.16. The molecular weight excluding hydrogens is 304 g/mol. The Bertz CT molecular complexity index is 594. The normalized spacial score (nSPS) is 16.9. The van der Waals surface area contributed by atoms with Crippen LogP contribution in [0.25, 0.3) is 0 Å². The number of aromatic nitrogens is 2. The molecule has 0 bridgehead atoms. The Morgan fingerprint density at radius 2 is 2.15 bits per heavy atom. The molecule has 0 atom stereocenters. The summed E-state index contributed by atoms with van der Waals surface area (Å²) in [6, 6.07) is 0. The summed E-state index contributed by atoms with van der Waals surface area (Å²) in [5.74, 6) is -0.335. The molecule has 0 unspecified atom stereocenters. The maximum Gasteiger partial charge on any atom is 0.269 e. The molecule has 1 aromatic rings. The zero-order valence-corrected chi connectivity index (χ0v) is 12.6. The summed E-state index contributed by atoms with van der Waals surface area (Å²) in [6.07, 6.45) is 2.40. The summed E-state index contributed by atoms with van der Waals surface area (Å²) in [7, 11) is -3.72. The Balaban J connectivity index is 1.99. The molecule has 10 heteroatoms. The van der Waals surface area contributed by atoms with Crippen LogP contribution in [0.2, 0.25) is 0 Å². The second kappa shape index (κ2) is 5.72. The first-order valence-electron chi connectivity index (χ1n) is 6.09. The lowest BCUT2D eigenvalue weighted by molar-refractivity contribution is -0.114. The number of aliphatic hydroxyl groups excluding tert-OH is 1. The first-order valence-corrected chi connectivity index (χ1v) is 8.38. The number of carbonyl (C=O) groups excluding carboxylic acids is 1. The molecular formula is C10H16N4O4S2. The van der Waals surface area contributed by atoms with Crippen LogP contribution in [0.15, 0.2) is 4.34 Å². The summed E-state index contributed by atoms with van der Waals surface area (Å²) in [5.41, 5.74) is -0.118. The van der Waals surface area contributed by atoms with Gasteiger partial charge in [0, 0.05) is 20.1 Å². The number of aliphatic hydroxyl groups is 1. The monoisotopic (exact) mass is 320 g/mol. The highest BCUT2D eigenvalue weighted by Crippen LogP contribution is 2.48. The van der Waals surface area contributed by atoms with Crippen molar-refractivity contribution in [1.82, 2.24) is 14.9 Å². The molecule has 2 rings (SSSR count). The van der Waals surface area contributed by atoms with Crippen LogP contribution in [0.3, 0.4) is 0 Å². The van der Waals surface area contributed by atoms with E-state index in [1.54, 1.807) is 0 Å². The third-order valence-corrected chi connectivity index (χ3v) is 5.76. The van der Waals surface area contributed by atoms with E-state index in [1.165, 1.54) is 6.92 Å². The minimum atomic E-state index is -3.72. The molecule has 1 saturated carbocycles. The van der Waals surface area contributed by atoms with E-state index in [4.69, 9.17) is 5.11 Å². The van der Waals surface area contributed by atoms with Crippen LogP contribution in [0, 0.1) is 5.41 Å². The fraction of sp³-hybridized carbons (Fsp3) is 0.700. The van der Waals surface area contributed by atoms with Gasteiger partial charge in [-0.05, 0) is 24.7 Å². The van der Waals surface area contributed by atoms with Gasteiger partial charge in [-0.15, -0.1) is 10.2 Å². The molecule has 112 valence electrons. The largest absolute Gasteiger partial charge is 0.396 e. The van der Waals surface area contributed by atoms with E-state index in [0.717, 1.165) is 24.2 Å². The Morgan fingerprint density at radius 3 is 2.70 bits per heavy atom. The first-order chi connectivity index (χ1) is 9.37. The molecule has 0 spiro atoms. The molecule has 1 heterocycles. The van der Waals surface area contributed by atoms with Crippen molar-refractivity contribution in [2.75, 3.05) is 18.5 Å². The molecule has 1 fully saturated rings. The smallest absolute Gasteiger partial charge is 0.269 e. The van der Waals surface area contributed by atoms with Crippen molar-refractivity contribution in [3.8, 4) is 0 Å². The van der Waals surface area contributed by atoms with Gasteiger partial charge in [0.05, 0.1) is 0 Å². The number of amides is 1. The minimum absolute atomic E-state index is 0.0488. The van der Waals surface area contributed by atoms with Crippen LogP contribution in [-0.4, -0.2) is 42.8 Å². The lowest BCUT2D eigenvalue weighted by Gasteiger charge is -2.13. The summed E-state index contributed by atoms with van der Waals surface area (Å²) >= 11 is 0.798. The number of anilines is 1. The first kappa shape index (κ1) is 15.3. The minimum Gasteiger partial charge on any atom is -0.396 e. The van der Waals surface area contributed by atoms with Crippen LogP contribution in [0.1, 0.15) is 26.2 Å². The number of carbonyl (C=O) groups is 1. The Morgan fingerprint density at radius 1 is 1.45 bits per heavy atom. The highest BCUT2D eigenvalue weighted by atomic mass is 32.2. The lowest BCUT2D eigenvalue weighted by Crippen LogP contribution is -2.30. The van der Waals surface area contributed by atoms with Crippen LogP contribution >= 0.6 is 11.3 Å². The van der Waals surface area contributed by atoms with Crippen LogP contribution in [0.4, 0.5) is 5.13 Å². The van der Waals surface area contributed by atoms with E-state index < -0.39 is 10.0 Å². The van der Waals surface area contributed by atoms with Crippen molar-refractivity contribution in [2.24, 2.45) is 5.41 Å². The van der Waals surface area contributed by atoms with Crippen molar-refractivity contribution in [2.45, 2.75) is 30.5 Å². The molecule has 3 N–H and O–H groups in total. The molecule has 0 saturated heterocycles. The number of nitrogens with one attached hydrogen (secondary N) is 2. The van der Waals surface area contributed by atoms with Gasteiger partial charge < -0.3 is 10.4 Å². The summed E-state index contributed by atoms with van der Waals surface area (Å²) < 4.78 is 26.4. The quantitative estimate of drug-likeness (QED) is 0.605. The van der Waals surface area contributed by atoms with Gasteiger partial charge >= 0.3 is 0 Å². The zero-order chi connectivity index (χ0) is 14.8. The molecule has 1 aliphatic carbocycles. The SMILES string of the molecule is CC(=O)Nc1nnc(S(=O)(=O)NCC2(CCO)CC2)s1. The topological polar surface area (TPSA) is 121 Å². The van der Waals surface area contributed by atoms with Crippen LogP contribution < -0.4 is 10.0 Å². The highest BCUT2D eigenvalue weighted by molar-refractivity contribution is 7.91. The van der Waals surface area contributed by atoms with E-state index in [1.807, 2.05) is 0 Å². The number of sulfonamides is 1. The summed E-state index contributed by atoms with van der Waals surface area (Å²) in [4.78, 5) is 10.8. The molecule has 1 aromatic heterocycles. The van der Waals surface area contributed by atoms with Crippen molar-refractivity contribution in [3.05, 3.63) is 0 Å². The van der Waals surface area contributed by atoms with E-state index in [0.29, 0.717) is 6.42 Å². The molecule has 0 aliphatic heterocycles. The van der Waals surface area contributed by atoms with Crippen LogP contribution in [0.5, 0.6) is 0 Å². The molecule has 20 heavy (non-hydrogen) atoms. The van der Waals surface area contributed by atoms with E-state index in [-0.39, 0.29) is 33.9 Å². The third kappa shape index (κ3) is 3.72. The van der Waals surface area contributed by atoms with Crippen molar-refractivity contribution >= 4 is 32.4 Å². The predicted octanol–water partition coefficient (Wildman–Crippen LogP) is -0.0626. The van der Waals surface area contributed by atoms with Crippen molar-refractivity contribution in [1.29, 1.82) is 0 Å². The fourth-order valence-electron chi connectivity index (χ4n) is 1.76. The molecule has 0 radical (unpaired) electrons. The maximum absolute atomic E-state index is 12.0. The van der Waals surface area contributed by atoms with Gasteiger partial charge in [-0.2, -0.15) is 0 Å². The van der Waals surface area contributed by atoms with Gasteiger partial charge in [-0.25, -0.2) is 13.1 Å². The summed E-state index contributed by atoms with van der Waals surface area (Å²) in [5, 5.41) is 18.6. The number of nitrogens with zero attached hydrogens (tertiary/aromatic N) is 2. The lowest BCUT2D eigenvalue weighted by atomic mass is 10.0. The van der Waals surface area contributed by atoms with E-state index in [9.17, 15) is 13.2 Å². The average molecular weight is 320 g/mol. The predicted molar refractivity (Wildman–Crippen MR) is 72.8 cm³/mol. The highest BCUT2D eigenvalue weighted by Gasteiger charge is 2.42. The second-order valence-corrected chi connectivity index (χ2v) is 7.77. The van der Waals surface area contributed by atoms with E-state index in [2.05, 4.69) is 20.2 Å². The standard InChI is InChI=1S/C10H16N4O4S2/c1-7(16)12-8-13-14-9(19-8)20(17,18)11-6-10(2-3-10)4-5-15/h11,15H,2-6H2,1H3,(H,12,13,16). The molecule has 1 aliphatic rings. The number of hydrogen-bond donors (Lipinski definition) is 3. The van der Waals surface area contributed by atoms with Crippen LogP contribution in [-0.2, 0) is 14.8 Å². The van der Waals surface area contributed by atoms with Gasteiger partial charge in [-0.1, -0.05) is 11.3 Å². The van der Waals surface area contributed by atoms with Gasteiger partial charge in [0.2, 0.25) is 15.4 Å². The van der Waals surface area contributed by atoms with Crippen molar-refractivity contribution in [3.63, 3.8) is 0 Å². The Hall–Kier alpha value is -1.10. The van der Waals surface area contributed by atoms with Gasteiger partial charge in [0.25, 0.3) is 10.0 Å². The zero-order valence-electron chi connectivity index (χ0n) is 10.9. The van der Waals surface area contributed by atoms with Gasteiger partial charge in [-0.3, -0.25) is 4.79 Å². The van der Waals surface area contributed by atoms with E-state index >= 15 is 0 Å². The number of hydrogen-bond acceptors (Lipinski definition) is 7. The molecule has 1 amide bonds. The Labute approximate surface area is 120 Å². The molecule has 8 nitrogen and oxygen atoms in total. The second-order valence-electron chi connectivity index (χ2n) is 4.85. The van der Waals surface area contributed by atoms with Crippen molar-refractivity contribution < 1.29 is 18.3 Å². The van der Waals surface area contributed by atoms with Gasteiger partial charge in [0.15, 0.2) is 0 Å². The van der Waals surface area contributed by atoms with Gasteiger partial charge in [0.1, 0.15) is 0 Å². The fourth-order valence-corrected chi connectivity index (χ4v) is 3.90. The maximum atomic E-state index is 12.0. The summed E-state index contributed by atoms with van der Waals surface area (Å²) in [6.45, 7) is 1.64. The molecule has 0 aromatic carbocycles. The average Bonchev–Trinajstić information content (AvgIpc) is 2.96. The Kier molecular flexibility index (Phi) is 4.37.